The van der Waals surface area contributed by atoms with Crippen LogP contribution in [0.3, 0.4) is 0 Å². The fourth-order valence-electron chi connectivity index (χ4n) is 3.71. The lowest BCUT2D eigenvalue weighted by atomic mass is 10.1. The highest BCUT2D eigenvalue weighted by molar-refractivity contribution is 7.92. The fourth-order valence-corrected chi connectivity index (χ4v) is 4.99. The molecule has 0 saturated carbocycles. The molecular formula is C25H33Cl2N3O4S. The van der Waals surface area contributed by atoms with E-state index >= 15 is 0 Å². The van der Waals surface area contributed by atoms with Crippen molar-refractivity contribution in [3.05, 3.63) is 64.1 Å². The van der Waals surface area contributed by atoms with Gasteiger partial charge >= 0.3 is 0 Å². The van der Waals surface area contributed by atoms with Gasteiger partial charge in [-0.05, 0) is 55.2 Å². The second-order valence-electron chi connectivity index (χ2n) is 8.24. The number of hydrogen-bond acceptors (Lipinski definition) is 4. The minimum absolute atomic E-state index is 0.0711. The van der Waals surface area contributed by atoms with E-state index in [4.69, 9.17) is 23.2 Å². The van der Waals surface area contributed by atoms with Gasteiger partial charge in [0.15, 0.2) is 0 Å². The van der Waals surface area contributed by atoms with E-state index in [0.29, 0.717) is 28.7 Å². The molecule has 0 aliphatic carbocycles. The van der Waals surface area contributed by atoms with Crippen LogP contribution in [-0.4, -0.2) is 50.5 Å². The quantitative estimate of drug-likeness (QED) is 0.391. The maximum Gasteiger partial charge on any atom is 0.242 e. The highest BCUT2D eigenvalue weighted by atomic mass is 35.5. The van der Waals surface area contributed by atoms with E-state index in [-0.39, 0.29) is 37.7 Å². The molecule has 0 fully saturated rings. The number of carbonyl (C=O) groups is 2. The lowest BCUT2D eigenvalue weighted by Crippen LogP contribution is -2.49. The summed E-state index contributed by atoms with van der Waals surface area (Å²) in [6, 6.07) is 13.0. The van der Waals surface area contributed by atoms with Crippen molar-refractivity contribution in [3.8, 4) is 0 Å². The minimum Gasteiger partial charge on any atom is -0.354 e. The van der Waals surface area contributed by atoms with Gasteiger partial charge in [0, 0.05) is 36.1 Å². The molecule has 0 radical (unpaired) electrons. The van der Waals surface area contributed by atoms with E-state index in [9.17, 15) is 18.0 Å². The first-order valence-electron chi connectivity index (χ1n) is 11.6. The Bertz CT molecular complexity index is 1090. The molecule has 0 aromatic heterocycles. The molecular weight excluding hydrogens is 509 g/mol. The van der Waals surface area contributed by atoms with Gasteiger partial charge in [-0.1, -0.05) is 55.2 Å². The number of rotatable bonds is 13. The normalized spacial score (nSPS) is 12.1. The van der Waals surface area contributed by atoms with Gasteiger partial charge in [0.2, 0.25) is 21.8 Å². The summed E-state index contributed by atoms with van der Waals surface area (Å²) in [5.41, 5.74) is 1.21. The van der Waals surface area contributed by atoms with Crippen molar-refractivity contribution in [1.29, 1.82) is 0 Å². The Labute approximate surface area is 218 Å². The van der Waals surface area contributed by atoms with Crippen LogP contribution in [0.4, 0.5) is 5.69 Å². The Hall–Kier alpha value is -2.29. The number of carbonyl (C=O) groups excluding carboxylic acids is 2. The van der Waals surface area contributed by atoms with E-state index in [1.54, 1.807) is 41.3 Å². The highest BCUT2D eigenvalue weighted by Crippen LogP contribution is 2.23. The molecule has 0 spiro atoms. The first kappa shape index (κ1) is 28.9. The SMILES string of the molecule is CCCNC(=O)[C@H](CC)N(Cc1ccccc1Cl)C(=O)CCCN(c1ccc(Cl)cc1)S(C)(=O)=O. The van der Waals surface area contributed by atoms with Gasteiger partial charge in [-0.15, -0.1) is 0 Å². The Morgan fingerprint density at radius 2 is 1.69 bits per heavy atom. The third-order valence-corrected chi connectivity index (χ3v) is 7.32. The first-order chi connectivity index (χ1) is 16.6. The molecule has 0 bridgehead atoms. The van der Waals surface area contributed by atoms with E-state index in [1.165, 1.54) is 4.31 Å². The Morgan fingerprint density at radius 1 is 1.03 bits per heavy atom. The zero-order chi connectivity index (χ0) is 26.0. The number of nitrogens with zero attached hydrogens (tertiary/aromatic N) is 2. The molecule has 2 amide bonds. The van der Waals surface area contributed by atoms with Crippen LogP contribution in [0.15, 0.2) is 48.5 Å². The largest absolute Gasteiger partial charge is 0.354 e. The zero-order valence-corrected chi connectivity index (χ0v) is 22.7. The van der Waals surface area contributed by atoms with Crippen molar-refractivity contribution in [2.75, 3.05) is 23.7 Å². The molecule has 192 valence electrons. The van der Waals surface area contributed by atoms with Crippen LogP contribution in [-0.2, 0) is 26.2 Å². The molecule has 2 aromatic carbocycles. The van der Waals surface area contributed by atoms with E-state index in [2.05, 4.69) is 5.32 Å². The summed E-state index contributed by atoms with van der Waals surface area (Å²) in [5, 5.41) is 3.89. The predicted octanol–water partition coefficient (Wildman–Crippen LogP) is 4.87. The van der Waals surface area contributed by atoms with Gasteiger partial charge in [0.25, 0.3) is 0 Å². The Kier molecular flexibility index (Phi) is 11.3. The van der Waals surface area contributed by atoms with E-state index < -0.39 is 16.1 Å². The summed E-state index contributed by atoms with van der Waals surface area (Å²) in [7, 11) is -3.56. The average Bonchev–Trinajstić information content (AvgIpc) is 2.81. The van der Waals surface area contributed by atoms with E-state index in [0.717, 1.165) is 18.2 Å². The summed E-state index contributed by atoms with van der Waals surface area (Å²) in [6.45, 7) is 4.64. The molecule has 0 aliphatic rings. The van der Waals surface area contributed by atoms with Crippen LogP contribution in [0, 0.1) is 0 Å². The molecule has 2 rings (SSSR count). The molecule has 1 atom stereocenters. The van der Waals surface area contributed by atoms with Crippen LogP contribution in [0.2, 0.25) is 10.0 Å². The molecule has 0 unspecified atom stereocenters. The van der Waals surface area contributed by atoms with Crippen LogP contribution < -0.4 is 9.62 Å². The third kappa shape index (κ3) is 8.70. The number of nitrogens with one attached hydrogen (secondary N) is 1. The van der Waals surface area contributed by atoms with Crippen LogP contribution >= 0.6 is 23.2 Å². The Morgan fingerprint density at radius 3 is 2.26 bits per heavy atom. The second-order valence-corrected chi connectivity index (χ2v) is 11.0. The number of halogens is 2. The zero-order valence-electron chi connectivity index (χ0n) is 20.3. The van der Waals surface area contributed by atoms with Gasteiger partial charge in [-0.3, -0.25) is 13.9 Å². The van der Waals surface area contributed by atoms with Crippen molar-refractivity contribution in [2.24, 2.45) is 0 Å². The molecule has 0 aliphatic heterocycles. The van der Waals surface area contributed by atoms with Gasteiger partial charge < -0.3 is 10.2 Å². The maximum atomic E-state index is 13.4. The van der Waals surface area contributed by atoms with Crippen molar-refractivity contribution >= 4 is 50.7 Å². The number of benzene rings is 2. The number of sulfonamides is 1. The van der Waals surface area contributed by atoms with Crippen molar-refractivity contribution in [2.45, 2.75) is 52.1 Å². The van der Waals surface area contributed by atoms with Gasteiger partial charge in [0.1, 0.15) is 6.04 Å². The summed E-state index contributed by atoms with van der Waals surface area (Å²) in [4.78, 5) is 27.8. The van der Waals surface area contributed by atoms with Gasteiger partial charge in [-0.25, -0.2) is 8.42 Å². The van der Waals surface area contributed by atoms with E-state index in [1.807, 2.05) is 26.0 Å². The molecule has 7 nitrogen and oxygen atoms in total. The maximum absolute atomic E-state index is 13.4. The lowest BCUT2D eigenvalue weighted by Gasteiger charge is -2.31. The molecule has 0 heterocycles. The van der Waals surface area contributed by atoms with Gasteiger partial charge in [0.05, 0.1) is 11.9 Å². The topological polar surface area (TPSA) is 86.8 Å². The number of amides is 2. The summed E-state index contributed by atoms with van der Waals surface area (Å²) in [6.07, 6.45) is 2.69. The molecule has 10 heteroatoms. The van der Waals surface area contributed by atoms with Crippen LogP contribution in [0.5, 0.6) is 0 Å². The van der Waals surface area contributed by atoms with Crippen molar-refractivity contribution < 1.29 is 18.0 Å². The van der Waals surface area contributed by atoms with Crippen LogP contribution in [0.1, 0.15) is 45.1 Å². The molecule has 35 heavy (non-hydrogen) atoms. The highest BCUT2D eigenvalue weighted by Gasteiger charge is 2.29. The standard InChI is InChI=1S/C25H33Cl2N3O4S/c1-4-16-28-25(32)23(5-2)29(18-19-9-6-7-10-22(19)27)24(31)11-8-17-30(35(3,33)34)21-14-12-20(26)13-15-21/h6-7,9-10,12-15,23H,4-5,8,11,16-18H2,1-3H3,(H,28,32)/t23-/m0/s1. The summed E-state index contributed by atoms with van der Waals surface area (Å²) >= 11 is 12.3. The van der Waals surface area contributed by atoms with Crippen LogP contribution in [0.25, 0.3) is 0 Å². The van der Waals surface area contributed by atoms with Gasteiger partial charge in [-0.2, -0.15) is 0 Å². The first-order valence-corrected chi connectivity index (χ1v) is 14.2. The fraction of sp³-hybridized carbons (Fsp3) is 0.440. The predicted molar refractivity (Wildman–Crippen MR) is 142 cm³/mol. The summed E-state index contributed by atoms with van der Waals surface area (Å²) in [5.74, 6) is -0.457. The third-order valence-electron chi connectivity index (χ3n) is 5.50. The molecule has 1 N–H and O–H groups in total. The average molecular weight is 543 g/mol. The minimum atomic E-state index is -3.56. The summed E-state index contributed by atoms with van der Waals surface area (Å²) < 4.78 is 26.0. The monoisotopic (exact) mass is 541 g/mol. The second kappa shape index (κ2) is 13.7. The van der Waals surface area contributed by atoms with Crippen molar-refractivity contribution in [1.82, 2.24) is 10.2 Å². The number of hydrogen-bond donors (Lipinski definition) is 1. The molecule has 2 aromatic rings. The molecule has 0 saturated heterocycles. The lowest BCUT2D eigenvalue weighted by molar-refractivity contribution is -0.141. The number of anilines is 1. The Balaban J connectivity index is 2.20. The smallest absolute Gasteiger partial charge is 0.242 e. The van der Waals surface area contributed by atoms with Crippen molar-refractivity contribution in [3.63, 3.8) is 0 Å².